The normalized spacial score (nSPS) is 15.8. The zero-order valence-electron chi connectivity index (χ0n) is 11.4. The summed E-state index contributed by atoms with van der Waals surface area (Å²) >= 11 is 5.81. The van der Waals surface area contributed by atoms with E-state index in [9.17, 15) is 4.39 Å². The lowest BCUT2D eigenvalue weighted by atomic mass is 10.2. The fourth-order valence-electron chi connectivity index (χ4n) is 2.79. The first kappa shape index (κ1) is 13.4. The fraction of sp³-hybridized carbons (Fsp3) is 0.400. The number of aromatic nitrogens is 2. The van der Waals surface area contributed by atoms with Crippen molar-refractivity contribution in [3.05, 3.63) is 40.9 Å². The maximum atomic E-state index is 14.0. The van der Waals surface area contributed by atoms with Crippen LogP contribution < -0.4 is 5.32 Å². The highest BCUT2D eigenvalue weighted by molar-refractivity contribution is 6.31. The Morgan fingerprint density at radius 3 is 2.85 bits per heavy atom. The number of hydrogen-bond acceptors (Lipinski definition) is 2. The second-order valence-corrected chi connectivity index (χ2v) is 5.69. The number of rotatable bonds is 3. The van der Waals surface area contributed by atoms with E-state index < -0.39 is 5.82 Å². The van der Waals surface area contributed by atoms with E-state index in [1.807, 2.05) is 13.1 Å². The molecule has 1 aliphatic rings. The molecule has 0 atom stereocenters. The Morgan fingerprint density at radius 2 is 2.10 bits per heavy atom. The molecule has 1 aromatic carbocycles. The molecule has 1 N–H and O–H groups in total. The van der Waals surface area contributed by atoms with Crippen molar-refractivity contribution >= 4 is 23.2 Å². The summed E-state index contributed by atoms with van der Waals surface area (Å²) in [6.07, 6.45) is 6.82. The number of nitrogens with one attached hydrogen (secondary N) is 1. The maximum absolute atomic E-state index is 14.0. The van der Waals surface area contributed by atoms with Crippen molar-refractivity contribution in [1.82, 2.24) is 9.55 Å². The van der Waals surface area contributed by atoms with Crippen LogP contribution in [0.3, 0.4) is 0 Å². The lowest BCUT2D eigenvalue weighted by molar-refractivity contribution is 0.524. The summed E-state index contributed by atoms with van der Waals surface area (Å²) in [7, 11) is 0. The van der Waals surface area contributed by atoms with Crippen LogP contribution in [0.15, 0.2) is 24.4 Å². The predicted octanol–water partition coefficient (Wildman–Crippen LogP) is 4.84. The molecule has 0 unspecified atom stereocenters. The molecule has 1 heterocycles. The highest BCUT2D eigenvalue weighted by atomic mass is 35.5. The topological polar surface area (TPSA) is 29.9 Å². The Morgan fingerprint density at radius 1 is 1.35 bits per heavy atom. The van der Waals surface area contributed by atoms with Crippen molar-refractivity contribution in [2.75, 3.05) is 5.32 Å². The minimum Gasteiger partial charge on any atom is -0.323 e. The van der Waals surface area contributed by atoms with Gasteiger partial charge >= 0.3 is 0 Å². The summed E-state index contributed by atoms with van der Waals surface area (Å²) in [4.78, 5) is 4.46. The van der Waals surface area contributed by atoms with Crippen molar-refractivity contribution in [2.24, 2.45) is 0 Å². The van der Waals surface area contributed by atoms with Gasteiger partial charge in [0.25, 0.3) is 0 Å². The molecule has 0 aliphatic heterocycles. The van der Waals surface area contributed by atoms with E-state index in [0.29, 0.717) is 17.7 Å². The van der Waals surface area contributed by atoms with Crippen molar-refractivity contribution in [1.29, 1.82) is 0 Å². The molecule has 1 saturated carbocycles. The van der Waals surface area contributed by atoms with Crippen molar-refractivity contribution in [3.8, 4) is 0 Å². The maximum Gasteiger partial charge on any atom is 0.207 e. The molecule has 1 fully saturated rings. The number of imidazole rings is 1. The van der Waals surface area contributed by atoms with Crippen LogP contribution in [0, 0.1) is 12.7 Å². The van der Waals surface area contributed by atoms with Gasteiger partial charge in [0.2, 0.25) is 5.95 Å². The Kier molecular flexibility index (Phi) is 3.66. The predicted molar refractivity (Wildman–Crippen MR) is 79.2 cm³/mol. The highest BCUT2D eigenvalue weighted by Crippen LogP contribution is 2.33. The third-order valence-electron chi connectivity index (χ3n) is 3.77. The molecular weight excluding hydrogens is 277 g/mol. The van der Waals surface area contributed by atoms with Gasteiger partial charge in [-0.1, -0.05) is 30.5 Å². The second-order valence-electron chi connectivity index (χ2n) is 5.28. The van der Waals surface area contributed by atoms with E-state index in [1.165, 1.54) is 18.9 Å². The third kappa shape index (κ3) is 2.52. The van der Waals surface area contributed by atoms with E-state index in [-0.39, 0.29) is 5.02 Å². The van der Waals surface area contributed by atoms with Crippen molar-refractivity contribution in [3.63, 3.8) is 0 Å². The summed E-state index contributed by atoms with van der Waals surface area (Å²) in [6.45, 7) is 1.95. The Bertz CT molecular complexity index is 618. The largest absolute Gasteiger partial charge is 0.323 e. The van der Waals surface area contributed by atoms with E-state index in [2.05, 4.69) is 14.9 Å². The van der Waals surface area contributed by atoms with Gasteiger partial charge in [-0.05, 0) is 31.9 Å². The van der Waals surface area contributed by atoms with Gasteiger partial charge in [-0.2, -0.15) is 0 Å². The van der Waals surface area contributed by atoms with Gasteiger partial charge in [0, 0.05) is 12.2 Å². The fourth-order valence-corrected chi connectivity index (χ4v) is 2.96. The molecule has 20 heavy (non-hydrogen) atoms. The number of aryl methyl sites for hydroxylation is 1. The van der Waals surface area contributed by atoms with Gasteiger partial charge in [-0.15, -0.1) is 0 Å². The van der Waals surface area contributed by atoms with E-state index in [0.717, 1.165) is 18.5 Å². The molecule has 0 spiro atoms. The summed E-state index contributed by atoms with van der Waals surface area (Å²) in [6, 6.07) is 5.39. The number of hydrogen-bond donors (Lipinski definition) is 1. The molecule has 2 aromatic rings. The molecule has 0 bridgehead atoms. The molecule has 3 nitrogen and oxygen atoms in total. The SMILES string of the molecule is Cc1cn(C2CCCC2)c(Nc2cccc(Cl)c2F)n1. The molecule has 1 aromatic heterocycles. The smallest absolute Gasteiger partial charge is 0.207 e. The van der Waals surface area contributed by atoms with Gasteiger partial charge in [-0.3, -0.25) is 0 Å². The Balaban J connectivity index is 1.92. The summed E-state index contributed by atoms with van der Waals surface area (Å²) in [5.41, 5.74) is 1.30. The van der Waals surface area contributed by atoms with Crippen LogP contribution in [0.2, 0.25) is 5.02 Å². The van der Waals surface area contributed by atoms with Crippen LogP contribution in [0.4, 0.5) is 16.0 Å². The average molecular weight is 294 g/mol. The van der Waals surface area contributed by atoms with Crippen LogP contribution >= 0.6 is 11.6 Å². The van der Waals surface area contributed by atoms with Gasteiger partial charge in [0.15, 0.2) is 5.82 Å². The average Bonchev–Trinajstić information content (AvgIpc) is 3.04. The number of halogens is 2. The summed E-state index contributed by atoms with van der Waals surface area (Å²) < 4.78 is 16.1. The van der Waals surface area contributed by atoms with Crippen molar-refractivity contribution in [2.45, 2.75) is 38.6 Å². The zero-order valence-corrected chi connectivity index (χ0v) is 12.1. The van der Waals surface area contributed by atoms with Crippen molar-refractivity contribution < 1.29 is 4.39 Å². The third-order valence-corrected chi connectivity index (χ3v) is 4.06. The zero-order chi connectivity index (χ0) is 14.1. The van der Waals surface area contributed by atoms with Gasteiger partial charge in [0.1, 0.15) is 0 Å². The first-order valence-electron chi connectivity index (χ1n) is 6.91. The number of anilines is 2. The molecule has 0 amide bonds. The number of benzene rings is 1. The van der Waals surface area contributed by atoms with Crippen LogP contribution in [-0.4, -0.2) is 9.55 Å². The number of nitrogens with zero attached hydrogens (tertiary/aromatic N) is 2. The first-order chi connectivity index (χ1) is 9.65. The lowest BCUT2D eigenvalue weighted by Crippen LogP contribution is -2.08. The van der Waals surface area contributed by atoms with E-state index >= 15 is 0 Å². The lowest BCUT2D eigenvalue weighted by Gasteiger charge is -2.16. The van der Waals surface area contributed by atoms with Crippen LogP contribution in [0.5, 0.6) is 0 Å². The highest BCUT2D eigenvalue weighted by Gasteiger charge is 2.20. The summed E-state index contributed by atoms with van der Waals surface area (Å²) in [5.74, 6) is 0.253. The summed E-state index contributed by atoms with van der Waals surface area (Å²) in [5, 5.41) is 3.19. The Hall–Kier alpha value is -1.55. The quantitative estimate of drug-likeness (QED) is 0.877. The van der Waals surface area contributed by atoms with E-state index in [1.54, 1.807) is 12.1 Å². The van der Waals surface area contributed by atoms with Crippen LogP contribution in [-0.2, 0) is 0 Å². The molecule has 3 rings (SSSR count). The molecule has 1 aliphatic carbocycles. The monoisotopic (exact) mass is 293 g/mol. The minimum atomic E-state index is -0.437. The van der Waals surface area contributed by atoms with Gasteiger partial charge < -0.3 is 9.88 Å². The molecule has 0 saturated heterocycles. The van der Waals surface area contributed by atoms with Crippen LogP contribution in [0.1, 0.15) is 37.4 Å². The van der Waals surface area contributed by atoms with Crippen LogP contribution in [0.25, 0.3) is 0 Å². The van der Waals surface area contributed by atoms with Gasteiger partial charge in [-0.25, -0.2) is 9.37 Å². The molecule has 5 heteroatoms. The van der Waals surface area contributed by atoms with Gasteiger partial charge in [0.05, 0.1) is 16.4 Å². The van der Waals surface area contributed by atoms with E-state index in [4.69, 9.17) is 11.6 Å². The molecular formula is C15H17ClFN3. The molecule has 106 valence electrons. The molecule has 0 radical (unpaired) electrons. The Labute approximate surface area is 122 Å². The second kappa shape index (κ2) is 5.44. The first-order valence-corrected chi connectivity index (χ1v) is 7.29. The minimum absolute atomic E-state index is 0.116. The standard InChI is InChI=1S/C15H17ClFN3/c1-10-9-20(11-5-2-3-6-11)15(18-10)19-13-8-4-7-12(16)14(13)17/h4,7-9,11H,2-3,5-6H2,1H3,(H,18,19).